The van der Waals surface area contributed by atoms with Gasteiger partial charge < -0.3 is 26.1 Å². The predicted octanol–water partition coefficient (Wildman–Crippen LogP) is 2.36. The molecule has 42 heavy (non-hydrogen) atoms. The van der Waals surface area contributed by atoms with Gasteiger partial charge in [0.15, 0.2) is 5.82 Å². The molecule has 1 aromatic carbocycles. The summed E-state index contributed by atoms with van der Waals surface area (Å²) in [6, 6.07) is 12.3. The number of quaternary nitrogens is 1. The van der Waals surface area contributed by atoms with Crippen LogP contribution >= 0.6 is 0 Å². The lowest BCUT2D eigenvalue weighted by Crippen LogP contribution is -2.76. The first-order chi connectivity index (χ1) is 20.5. The Kier molecular flexibility index (Phi) is 8.27. The normalized spacial score (nSPS) is 20.3. The zero-order valence-electron chi connectivity index (χ0n) is 24.1. The molecule has 1 aliphatic carbocycles. The van der Waals surface area contributed by atoms with E-state index in [0.29, 0.717) is 37.8 Å². The third kappa shape index (κ3) is 5.78. The van der Waals surface area contributed by atoms with Crippen molar-refractivity contribution in [1.82, 2.24) is 24.4 Å². The lowest BCUT2D eigenvalue weighted by molar-refractivity contribution is -0.605. The molecule has 2 aromatic heterocycles. The van der Waals surface area contributed by atoms with Gasteiger partial charge in [0.1, 0.15) is 24.6 Å². The summed E-state index contributed by atoms with van der Waals surface area (Å²) in [6.45, 7) is 7.22. The van der Waals surface area contributed by atoms with Gasteiger partial charge in [0.2, 0.25) is 5.91 Å². The number of hydrogen-bond donors (Lipinski definition) is 3. The van der Waals surface area contributed by atoms with Crippen molar-refractivity contribution in [2.24, 2.45) is 0 Å². The Morgan fingerprint density at radius 2 is 1.93 bits per heavy atom. The predicted molar refractivity (Wildman–Crippen MR) is 163 cm³/mol. The molecule has 2 saturated heterocycles. The van der Waals surface area contributed by atoms with E-state index in [1.54, 1.807) is 0 Å². The number of likely N-dealkylation sites (tertiary alicyclic amines) is 1. The van der Waals surface area contributed by atoms with Crippen molar-refractivity contribution in [2.75, 3.05) is 45.1 Å². The first-order valence-electron chi connectivity index (χ1n) is 14.8. The van der Waals surface area contributed by atoms with Crippen molar-refractivity contribution in [2.45, 2.75) is 38.3 Å². The van der Waals surface area contributed by atoms with E-state index in [2.05, 4.69) is 38.5 Å². The van der Waals surface area contributed by atoms with E-state index in [0.717, 1.165) is 60.4 Å². The van der Waals surface area contributed by atoms with Crippen LogP contribution in [0.4, 0.5) is 5.82 Å². The number of nitrogens with one attached hydrogen (secondary N) is 1. The highest BCUT2D eigenvalue weighted by molar-refractivity contribution is 6.15. The number of ether oxygens (including phenoxy) is 1. The summed E-state index contributed by atoms with van der Waals surface area (Å²) in [6.07, 6.45) is 11.1. The second kappa shape index (κ2) is 12.4. The standard InChI is InChI=1S/C32H38N8O2/c1-22(38-13-15-42-16-14-38)32(41)39-11-9-24(10-12-39)29-18-27(30-31(34)36-21-37-40(29)30)25-7-8-26(28(33)17-25)20-35-19-23-5-3-2-4-6-23/h2-8,17-18,20-22,24,33,35H,9-16,19H2,1H3,(H2,34,36,37)/p+1/b26-20-,33-28?. The Morgan fingerprint density at radius 1 is 1.17 bits per heavy atom. The van der Waals surface area contributed by atoms with Crippen molar-refractivity contribution < 1.29 is 14.8 Å². The smallest absolute Gasteiger partial charge is 0.239 e. The van der Waals surface area contributed by atoms with Crippen molar-refractivity contribution >= 4 is 28.5 Å². The minimum atomic E-state index is -0.131. The van der Waals surface area contributed by atoms with Crippen LogP contribution in [0.5, 0.6) is 0 Å². The summed E-state index contributed by atoms with van der Waals surface area (Å²) in [5.41, 5.74) is 12.6. The number of anilines is 1. The minimum Gasteiger partial charge on any atom is -0.382 e. The third-order valence-corrected chi connectivity index (χ3v) is 8.64. The van der Waals surface area contributed by atoms with Crippen molar-refractivity contribution in [3.63, 3.8) is 0 Å². The van der Waals surface area contributed by atoms with Gasteiger partial charge >= 0.3 is 0 Å². The second-order valence-corrected chi connectivity index (χ2v) is 11.2. The topological polar surface area (TPSA) is 129 Å². The van der Waals surface area contributed by atoms with Crippen LogP contribution in [0.3, 0.4) is 0 Å². The molecule has 218 valence electrons. The molecule has 3 aromatic rings. The van der Waals surface area contributed by atoms with Crippen LogP contribution in [-0.4, -0.2) is 81.5 Å². The maximum Gasteiger partial charge on any atom is 0.239 e. The quantitative estimate of drug-likeness (QED) is 0.402. The molecular weight excluding hydrogens is 528 g/mol. The molecule has 0 spiro atoms. The molecule has 1 amide bonds. The average molecular weight is 568 g/mol. The van der Waals surface area contributed by atoms with Crippen LogP contribution in [0.15, 0.2) is 72.7 Å². The molecular formula is C32H39N8O2+. The molecule has 10 heteroatoms. The number of carbonyl (C=O) groups excluding carboxylic acids is 1. The van der Waals surface area contributed by atoms with Gasteiger partial charge in [-0.25, -0.2) is 9.50 Å². The highest BCUT2D eigenvalue weighted by atomic mass is 16.5. The molecule has 10 nitrogen and oxygen atoms in total. The zero-order chi connectivity index (χ0) is 29.1. The second-order valence-electron chi connectivity index (χ2n) is 11.2. The number of piperidine rings is 1. The summed E-state index contributed by atoms with van der Waals surface area (Å²) in [4.78, 5) is 21.8. The summed E-state index contributed by atoms with van der Waals surface area (Å²) in [5.74, 6) is 0.846. The minimum absolute atomic E-state index is 0.131. The molecule has 0 radical (unpaired) electrons. The van der Waals surface area contributed by atoms with Gasteiger partial charge in [-0.05, 0) is 43.6 Å². The molecule has 2 fully saturated rings. The van der Waals surface area contributed by atoms with Gasteiger partial charge in [-0.15, -0.1) is 0 Å². The number of nitrogens with two attached hydrogens (primary N) is 2. The Bertz CT molecular complexity index is 1540. The third-order valence-electron chi connectivity index (χ3n) is 8.64. The number of hydrogen-bond acceptors (Lipinski definition) is 7. The first-order valence-corrected chi connectivity index (χ1v) is 14.8. The van der Waals surface area contributed by atoms with E-state index in [1.165, 1.54) is 11.9 Å². The Hall–Kier alpha value is -4.12. The lowest BCUT2D eigenvalue weighted by Gasteiger charge is -2.37. The summed E-state index contributed by atoms with van der Waals surface area (Å²) in [5, 5.41) is 15.4. The van der Waals surface area contributed by atoms with Crippen molar-refractivity contribution in [3.05, 3.63) is 89.5 Å². The van der Waals surface area contributed by atoms with E-state index in [1.807, 2.05) is 59.0 Å². The maximum absolute atomic E-state index is 13.3. The number of allylic oxidation sites excluding steroid dienone is 5. The molecule has 6 rings (SSSR count). The first kappa shape index (κ1) is 28.0. The zero-order valence-corrected chi connectivity index (χ0v) is 24.1. The summed E-state index contributed by atoms with van der Waals surface area (Å²) in [7, 11) is 0. The van der Waals surface area contributed by atoms with E-state index < -0.39 is 0 Å². The number of amides is 1. The largest absolute Gasteiger partial charge is 0.382 e. The van der Waals surface area contributed by atoms with Crippen LogP contribution in [0.25, 0.3) is 11.1 Å². The van der Waals surface area contributed by atoms with Crippen molar-refractivity contribution in [3.8, 4) is 0 Å². The van der Waals surface area contributed by atoms with Crippen LogP contribution in [-0.2, 0) is 16.1 Å². The van der Waals surface area contributed by atoms with Gasteiger partial charge in [0, 0.05) is 48.9 Å². The molecule has 5 N–H and O–H groups in total. The Labute approximate surface area is 246 Å². The van der Waals surface area contributed by atoms with E-state index >= 15 is 0 Å². The van der Waals surface area contributed by atoms with Crippen LogP contribution < -0.4 is 11.1 Å². The number of rotatable bonds is 7. The van der Waals surface area contributed by atoms with Gasteiger partial charge in [-0.1, -0.05) is 36.4 Å². The molecule has 0 bridgehead atoms. The van der Waals surface area contributed by atoms with Gasteiger partial charge in [-0.3, -0.25) is 9.69 Å². The van der Waals surface area contributed by atoms with E-state index in [-0.39, 0.29) is 17.9 Å². The van der Waals surface area contributed by atoms with Crippen LogP contribution in [0.2, 0.25) is 0 Å². The molecule has 0 saturated carbocycles. The highest BCUT2D eigenvalue weighted by Gasteiger charge is 2.32. The molecule has 1 atom stereocenters. The maximum atomic E-state index is 13.3. The van der Waals surface area contributed by atoms with Crippen molar-refractivity contribution in [1.29, 1.82) is 5.41 Å². The fourth-order valence-electron chi connectivity index (χ4n) is 6.19. The number of morpholine rings is 1. The SMILES string of the molecule is CC(C(=O)N1CCC(c2cc(C3=CC(=N)/C(=C\[NH2+]Cc4ccccc4)C=C3)c3c(N)ncnn23)CC1)N1CCOCC1. The fourth-order valence-corrected chi connectivity index (χ4v) is 6.19. The summed E-state index contributed by atoms with van der Waals surface area (Å²) >= 11 is 0. The number of carbonyl (C=O) groups is 1. The Morgan fingerprint density at radius 3 is 2.67 bits per heavy atom. The molecule has 1 unspecified atom stereocenters. The average Bonchev–Trinajstić information content (AvgIpc) is 3.43. The van der Waals surface area contributed by atoms with Gasteiger partial charge in [0.05, 0.1) is 30.5 Å². The van der Waals surface area contributed by atoms with Gasteiger partial charge in [0.25, 0.3) is 0 Å². The monoisotopic (exact) mass is 567 g/mol. The molecule has 2 aliphatic heterocycles. The van der Waals surface area contributed by atoms with E-state index in [4.69, 9.17) is 15.9 Å². The van der Waals surface area contributed by atoms with Crippen LogP contribution in [0, 0.1) is 5.41 Å². The lowest BCUT2D eigenvalue weighted by atomic mass is 9.91. The fraction of sp³-hybridized carbons (Fsp3) is 0.375. The molecule has 3 aliphatic rings. The number of nitrogen functional groups attached to an aromatic ring is 1. The van der Waals surface area contributed by atoms with Gasteiger partial charge in [-0.2, -0.15) is 5.10 Å². The summed E-state index contributed by atoms with van der Waals surface area (Å²) < 4.78 is 7.37. The number of fused-ring (bicyclic) bond motifs is 1. The number of aromatic nitrogens is 3. The number of nitrogens with zero attached hydrogens (tertiary/aromatic N) is 5. The highest BCUT2D eigenvalue weighted by Crippen LogP contribution is 2.36. The van der Waals surface area contributed by atoms with Crippen LogP contribution in [0.1, 0.15) is 42.5 Å². The van der Waals surface area contributed by atoms with E-state index in [9.17, 15) is 4.79 Å². The number of benzene rings is 1. The molecule has 4 heterocycles. The Balaban J connectivity index is 1.17.